The molecule has 0 unspecified atom stereocenters. The second kappa shape index (κ2) is 11.1. The quantitative estimate of drug-likeness (QED) is 0.407. The fourth-order valence-electron chi connectivity index (χ4n) is 3.58. The van der Waals surface area contributed by atoms with E-state index in [1.54, 1.807) is 18.2 Å². The summed E-state index contributed by atoms with van der Waals surface area (Å²) in [7, 11) is 0. The monoisotopic (exact) mass is 486 g/mol. The maximum atomic E-state index is 12.8. The number of anilines is 1. The third-order valence-electron chi connectivity index (χ3n) is 5.49. The Bertz CT molecular complexity index is 1270. The number of amides is 3. The fraction of sp³-hybridized carbons (Fsp3) is 0.179. The van der Waals surface area contributed by atoms with Gasteiger partial charge in [-0.15, -0.1) is 0 Å². The van der Waals surface area contributed by atoms with Gasteiger partial charge in [0.2, 0.25) is 5.91 Å². The van der Waals surface area contributed by atoms with Crippen molar-refractivity contribution >= 4 is 40.6 Å². The van der Waals surface area contributed by atoms with Gasteiger partial charge in [-0.3, -0.25) is 19.3 Å². The van der Waals surface area contributed by atoms with Gasteiger partial charge in [-0.1, -0.05) is 61.0 Å². The molecule has 3 amide bonds. The maximum absolute atomic E-state index is 12.8. The second-order valence-electron chi connectivity index (χ2n) is 8.21. The molecule has 1 N–H and O–H groups in total. The lowest BCUT2D eigenvalue weighted by Crippen LogP contribution is -2.36. The van der Waals surface area contributed by atoms with Gasteiger partial charge >= 0.3 is 0 Å². The lowest BCUT2D eigenvalue weighted by Gasteiger charge is -2.12. The van der Waals surface area contributed by atoms with Crippen molar-refractivity contribution in [3.05, 3.63) is 100.0 Å². The third kappa shape index (κ3) is 6.39. The molecule has 6 nitrogen and oxygen atoms in total. The van der Waals surface area contributed by atoms with Gasteiger partial charge in [-0.2, -0.15) is 0 Å². The summed E-state index contributed by atoms with van der Waals surface area (Å²) in [5.41, 5.74) is 4.81. The number of nitrogens with zero attached hydrogens (tertiary/aromatic N) is 1. The van der Waals surface area contributed by atoms with E-state index in [-0.39, 0.29) is 11.4 Å². The molecule has 0 aliphatic carbocycles. The van der Waals surface area contributed by atoms with Crippen molar-refractivity contribution < 1.29 is 19.1 Å². The number of imide groups is 1. The summed E-state index contributed by atoms with van der Waals surface area (Å²) >= 11 is 0.830. The highest BCUT2D eigenvalue weighted by molar-refractivity contribution is 8.18. The number of carbonyl (C=O) groups is 3. The van der Waals surface area contributed by atoms with Crippen LogP contribution in [0, 0.1) is 6.92 Å². The van der Waals surface area contributed by atoms with Crippen molar-refractivity contribution in [2.75, 3.05) is 11.9 Å². The summed E-state index contributed by atoms with van der Waals surface area (Å²) in [6.07, 6.45) is 2.55. The molecule has 0 aromatic heterocycles. The minimum Gasteiger partial charge on any atom is -0.489 e. The van der Waals surface area contributed by atoms with Gasteiger partial charge < -0.3 is 10.1 Å². The Labute approximate surface area is 209 Å². The summed E-state index contributed by atoms with van der Waals surface area (Å²) in [6, 6.07) is 22.9. The smallest absolute Gasteiger partial charge is 0.294 e. The summed E-state index contributed by atoms with van der Waals surface area (Å²) in [5, 5.41) is 2.27. The van der Waals surface area contributed by atoms with E-state index in [0.29, 0.717) is 18.0 Å². The van der Waals surface area contributed by atoms with E-state index in [1.807, 2.05) is 61.5 Å². The molecule has 35 heavy (non-hydrogen) atoms. The zero-order valence-corrected chi connectivity index (χ0v) is 20.4. The van der Waals surface area contributed by atoms with E-state index < -0.39 is 17.1 Å². The van der Waals surface area contributed by atoms with Gasteiger partial charge in [0.25, 0.3) is 11.1 Å². The topological polar surface area (TPSA) is 75.7 Å². The van der Waals surface area contributed by atoms with Crippen LogP contribution in [0.1, 0.15) is 29.2 Å². The number of benzene rings is 3. The molecular weight excluding hydrogens is 460 g/mol. The van der Waals surface area contributed by atoms with E-state index in [1.165, 1.54) is 5.56 Å². The molecule has 1 saturated heterocycles. The lowest BCUT2D eigenvalue weighted by atomic mass is 10.1. The van der Waals surface area contributed by atoms with Crippen LogP contribution in [0.15, 0.2) is 77.7 Å². The Morgan fingerprint density at radius 2 is 1.74 bits per heavy atom. The van der Waals surface area contributed by atoms with E-state index in [0.717, 1.165) is 39.8 Å². The van der Waals surface area contributed by atoms with Crippen molar-refractivity contribution in [3.8, 4) is 5.75 Å². The minimum absolute atomic E-state index is 0.281. The zero-order chi connectivity index (χ0) is 24.8. The normalized spacial score (nSPS) is 14.5. The highest BCUT2D eigenvalue weighted by Crippen LogP contribution is 2.32. The average Bonchev–Trinajstić information content (AvgIpc) is 3.11. The molecule has 7 heteroatoms. The highest BCUT2D eigenvalue weighted by atomic mass is 32.2. The predicted molar refractivity (Wildman–Crippen MR) is 139 cm³/mol. The van der Waals surface area contributed by atoms with Crippen LogP contribution in [0.3, 0.4) is 0 Å². The molecule has 1 aliphatic heterocycles. The molecule has 3 aromatic carbocycles. The van der Waals surface area contributed by atoms with Gasteiger partial charge in [0.15, 0.2) is 0 Å². The van der Waals surface area contributed by atoms with Crippen LogP contribution in [0.5, 0.6) is 5.75 Å². The van der Waals surface area contributed by atoms with E-state index >= 15 is 0 Å². The first-order valence-electron chi connectivity index (χ1n) is 11.3. The van der Waals surface area contributed by atoms with E-state index in [9.17, 15) is 14.4 Å². The van der Waals surface area contributed by atoms with Gasteiger partial charge in [0.1, 0.15) is 18.9 Å². The molecule has 0 saturated carbocycles. The largest absolute Gasteiger partial charge is 0.489 e. The van der Waals surface area contributed by atoms with Crippen LogP contribution < -0.4 is 10.1 Å². The molecule has 0 radical (unpaired) electrons. The van der Waals surface area contributed by atoms with Gasteiger partial charge in [0.05, 0.1) is 4.91 Å². The van der Waals surface area contributed by atoms with Gasteiger partial charge in [0, 0.05) is 5.69 Å². The molecule has 1 aliphatic rings. The molecule has 3 aromatic rings. The molecule has 1 heterocycles. The molecule has 0 atom stereocenters. The number of aryl methyl sites for hydroxylation is 2. The molecular formula is C28H26N2O4S. The SMILES string of the molecule is CCc1ccc(NC(=O)CN2C(=O)S/C(=C/c3ccc(OCc4cccc(C)c4)cc3)C2=O)cc1. The summed E-state index contributed by atoms with van der Waals surface area (Å²) in [5.74, 6) is -0.190. The number of hydrogen-bond acceptors (Lipinski definition) is 5. The van der Waals surface area contributed by atoms with E-state index in [2.05, 4.69) is 18.3 Å². The van der Waals surface area contributed by atoms with Gasteiger partial charge in [-0.25, -0.2) is 0 Å². The van der Waals surface area contributed by atoms with Gasteiger partial charge in [-0.05, 0) is 72.1 Å². The molecule has 1 fully saturated rings. The van der Waals surface area contributed by atoms with Crippen LogP contribution >= 0.6 is 11.8 Å². The van der Waals surface area contributed by atoms with Crippen LogP contribution in [0.4, 0.5) is 10.5 Å². The van der Waals surface area contributed by atoms with Crippen molar-refractivity contribution in [1.29, 1.82) is 0 Å². The van der Waals surface area contributed by atoms with Crippen molar-refractivity contribution in [2.45, 2.75) is 26.9 Å². The number of ether oxygens (including phenoxy) is 1. The van der Waals surface area contributed by atoms with Crippen molar-refractivity contribution in [2.24, 2.45) is 0 Å². The Morgan fingerprint density at radius 1 is 1.00 bits per heavy atom. The molecule has 0 spiro atoms. The standard InChI is InChI=1S/C28H26N2O4S/c1-3-20-7-11-23(12-8-20)29-26(31)17-30-27(32)25(35-28(30)33)16-21-9-13-24(14-10-21)34-18-22-6-4-5-19(2)15-22/h4-16H,3,17-18H2,1-2H3,(H,29,31)/b25-16+. The number of rotatable bonds is 8. The molecule has 4 rings (SSSR count). The van der Waals surface area contributed by atoms with Crippen molar-refractivity contribution in [1.82, 2.24) is 4.90 Å². The third-order valence-corrected chi connectivity index (χ3v) is 6.39. The summed E-state index contributed by atoms with van der Waals surface area (Å²) in [4.78, 5) is 38.8. The summed E-state index contributed by atoms with van der Waals surface area (Å²) in [6.45, 7) is 4.22. The van der Waals surface area contributed by atoms with Crippen LogP contribution in [0.2, 0.25) is 0 Å². The number of thioether (sulfide) groups is 1. The van der Waals surface area contributed by atoms with Crippen LogP contribution in [-0.2, 0) is 22.6 Å². The van der Waals surface area contributed by atoms with Crippen molar-refractivity contribution in [3.63, 3.8) is 0 Å². The number of hydrogen-bond donors (Lipinski definition) is 1. The van der Waals surface area contributed by atoms with E-state index in [4.69, 9.17) is 4.74 Å². The fourth-order valence-corrected chi connectivity index (χ4v) is 4.42. The minimum atomic E-state index is -0.476. The first kappa shape index (κ1) is 24.3. The van der Waals surface area contributed by atoms with Crippen LogP contribution in [-0.4, -0.2) is 28.5 Å². The maximum Gasteiger partial charge on any atom is 0.294 e. The second-order valence-corrected chi connectivity index (χ2v) is 9.21. The lowest BCUT2D eigenvalue weighted by molar-refractivity contribution is -0.127. The Hall–Kier alpha value is -3.84. The van der Waals surface area contributed by atoms with Crippen LogP contribution in [0.25, 0.3) is 6.08 Å². The predicted octanol–water partition coefficient (Wildman–Crippen LogP) is 5.81. The molecule has 0 bridgehead atoms. The highest BCUT2D eigenvalue weighted by Gasteiger charge is 2.36. The Balaban J connectivity index is 1.34. The number of nitrogens with one attached hydrogen (secondary N) is 1. The Kier molecular flexibility index (Phi) is 7.67. The Morgan fingerprint density at radius 3 is 2.43 bits per heavy atom. The first-order chi connectivity index (χ1) is 16.9. The molecule has 178 valence electrons. The average molecular weight is 487 g/mol. The summed E-state index contributed by atoms with van der Waals surface area (Å²) < 4.78 is 5.83. The zero-order valence-electron chi connectivity index (χ0n) is 19.6. The first-order valence-corrected chi connectivity index (χ1v) is 12.2. The number of carbonyl (C=O) groups excluding carboxylic acids is 3.